The molecule has 0 aliphatic carbocycles. The minimum atomic E-state index is -0.368. The summed E-state index contributed by atoms with van der Waals surface area (Å²) in [6.45, 7) is 2.10. The molecule has 4 aromatic rings. The van der Waals surface area contributed by atoms with Crippen LogP contribution in [-0.2, 0) is 4.74 Å². The number of rotatable bonds is 6. The maximum absolute atomic E-state index is 11.9. The van der Waals surface area contributed by atoms with E-state index in [0.717, 1.165) is 11.0 Å². The zero-order valence-corrected chi connectivity index (χ0v) is 15.6. The van der Waals surface area contributed by atoms with Crippen LogP contribution in [0.5, 0.6) is 11.5 Å². The van der Waals surface area contributed by atoms with Crippen LogP contribution in [0.4, 0.5) is 11.6 Å². The molecule has 9 nitrogen and oxygen atoms in total. The van der Waals surface area contributed by atoms with Crippen molar-refractivity contribution in [3.63, 3.8) is 0 Å². The normalized spacial score (nSPS) is 11.0. The van der Waals surface area contributed by atoms with Crippen molar-refractivity contribution in [1.82, 2.24) is 19.6 Å². The van der Waals surface area contributed by atoms with Gasteiger partial charge in [-0.3, -0.25) is 5.10 Å². The minimum absolute atomic E-state index is 0.327. The first-order valence-corrected chi connectivity index (χ1v) is 8.67. The summed E-state index contributed by atoms with van der Waals surface area (Å²) in [5.41, 5.74) is 2.69. The van der Waals surface area contributed by atoms with E-state index >= 15 is 0 Å². The van der Waals surface area contributed by atoms with Gasteiger partial charge in [0.25, 0.3) is 5.78 Å². The Morgan fingerprint density at radius 1 is 1.14 bits per heavy atom. The molecule has 0 atom stereocenters. The van der Waals surface area contributed by atoms with Gasteiger partial charge >= 0.3 is 5.97 Å². The monoisotopic (exact) mass is 381 g/mol. The van der Waals surface area contributed by atoms with Crippen LogP contribution in [0.3, 0.4) is 0 Å². The van der Waals surface area contributed by atoms with E-state index in [1.165, 1.54) is 0 Å². The Labute approximate surface area is 160 Å². The lowest BCUT2D eigenvalue weighted by Gasteiger charge is -2.07. The molecule has 28 heavy (non-hydrogen) atoms. The van der Waals surface area contributed by atoms with Crippen molar-refractivity contribution in [2.75, 3.05) is 26.1 Å². The summed E-state index contributed by atoms with van der Waals surface area (Å²) in [5.74, 6) is 1.81. The van der Waals surface area contributed by atoms with Crippen molar-refractivity contribution >= 4 is 34.4 Å². The van der Waals surface area contributed by atoms with Gasteiger partial charge in [-0.25, -0.2) is 14.3 Å². The zero-order chi connectivity index (χ0) is 19.7. The summed E-state index contributed by atoms with van der Waals surface area (Å²) in [7, 11) is 3.16. The number of imidazole rings is 1. The SMILES string of the molecule is CCOC(=O)c1cccc(Nc2nc3nc4cc(OC)c(OC)cc4n3[nH]2)c1. The van der Waals surface area contributed by atoms with Gasteiger partial charge in [-0.15, -0.1) is 0 Å². The second-order valence-corrected chi connectivity index (χ2v) is 5.94. The predicted octanol–water partition coefficient (Wildman–Crippen LogP) is 3.15. The molecule has 2 heterocycles. The number of carbonyl (C=O) groups excluding carboxylic acids is 1. The Kier molecular flexibility index (Phi) is 4.48. The molecule has 0 spiro atoms. The largest absolute Gasteiger partial charge is 0.493 e. The Morgan fingerprint density at radius 3 is 2.68 bits per heavy atom. The molecule has 4 rings (SSSR count). The van der Waals surface area contributed by atoms with Gasteiger partial charge in [-0.1, -0.05) is 6.07 Å². The Hall–Kier alpha value is -3.75. The van der Waals surface area contributed by atoms with Crippen LogP contribution < -0.4 is 14.8 Å². The molecule has 0 aliphatic heterocycles. The highest BCUT2D eigenvalue weighted by Gasteiger charge is 2.15. The Morgan fingerprint density at radius 2 is 1.93 bits per heavy atom. The molecule has 144 valence electrons. The highest BCUT2D eigenvalue weighted by molar-refractivity contribution is 5.90. The summed E-state index contributed by atoms with van der Waals surface area (Å²) in [6.07, 6.45) is 0. The number of benzene rings is 2. The number of fused-ring (bicyclic) bond motifs is 3. The van der Waals surface area contributed by atoms with Gasteiger partial charge < -0.3 is 19.5 Å². The standard InChI is InChI=1S/C19H19N5O4/c1-4-28-17(25)11-6-5-7-12(8-11)20-18-22-19-21-13-9-15(26-2)16(27-3)10-14(13)24(19)23-18/h5-10H,4H2,1-3H3,(H2,20,21,22,23). The number of aromatic amines is 1. The summed E-state index contributed by atoms with van der Waals surface area (Å²) in [4.78, 5) is 20.9. The molecule has 9 heteroatoms. The van der Waals surface area contributed by atoms with Gasteiger partial charge in [-0.2, -0.15) is 4.98 Å². The maximum Gasteiger partial charge on any atom is 0.338 e. The number of hydrogen-bond acceptors (Lipinski definition) is 7. The summed E-state index contributed by atoms with van der Waals surface area (Å²) >= 11 is 0. The number of anilines is 2. The number of nitrogens with one attached hydrogen (secondary N) is 2. The number of esters is 1. The predicted molar refractivity (Wildman–Crippen MR) is 104 cm³/mol. The van der Waals surface area contributed by atoms with Gasteiger partial charge in [0.2, 0.25) is 5.95 Å². The molecule has 2 aromatic heterocycles. The second-order valence-electron chi connectivity index (χ2n) is 5.94. The highest BCUT2D eigenvalue weighted by Crippen LogP contribution is 2.32. The number of ether oxygens (including phenoxy) is 3. The lowest BCUT2D eigenvalue weighted by Crippen LogP contribution is -2.05. The topological polar surface area (TPSA) is 103 Å². The lowest BCUT2D eigenvalue weighted by atomic mass is 10.2. The van der Waals surface area contributed by atoms with E-state index in [9.17, 15) is 4.79 Å². The fourth-order valence-corrected chi connectivity index (χ4v) is 2.94. The van der Waals surface area contributed by atoms with Gasteiger partial charge in [0.15, 0.2) is 11.5 Å². The Bertz CT molecular complexity index is 1160. The molecule has 2 N–H and O–H groups in total. The number of carbonyl (C=O) groups is 1. The molecule has 0 saturated heterocycles. The average molecular weight is 381 g/mol. The smallest absolute Gasteiger partial charge is 0.338 e. The molecular weight excluding hydrogens is 362 g/mol. The summed E-state index contributed by atoms with van der Waals surface area (Å²) in [6, 6.07) is 10.6. The highest BCUT2D eigenvalue weighted by atomic mass is 16.5. The van der Waals surface area contributed by atoms with E-state index < -0.39 is 0 Å². The van der Waals surface area contributed by atoms with Crippen molar-refractivity contribution < 1.29 is 19.0 Å². The summed E-state index contributed by atoms with van der Waals surface area (Å²) < 4.78 is 17.4. The minimum Gasteiger partial charge on any atom is -0.493 e. The average Bonchev–Trinajstić information content (AvgIpc) is 3.24. The maximum atomic E-state index is 11.9. The fraction of sp³-hybridized carbons (Fsp3) is 0.211. The van der Waals surface area contributed by atoms with Crippen molar-refractivity contribution in [2.45, 2.75) is 6.92 Å². The number of H-pyrrole nitrogens is 1. The molecule has 0 saturated carbocycles. The van der Waals surface area contributed by atoms with Crippen LogP contribution in [0.25, 0.3) is 16.8 Å². The van der Waals surface area contributed by atoms with Gasteiger partial charge in [0, 0.05) is 17.8 Å². The number of aromatic nitrogens is 4. The molecule has 0 bridgehead atoms. The molecule has 0 amide bonds. The van der Waals surface area contributed by atoms with Crippen molar-refractivity contribution in [2.24, 2.45) is 0 Å². The quantitative estimate of drug-likeness (QED) is 0.495. The van der Waals surface area contributed by atoms with Gasteiger partial charge in [0.05, 0.1) is 37.4 Å². The molecular formula is C19H19N5O4. The zero-order valence-electron chi connectivity index (χ0n) is 15.6. The van der Waals surface area contributed by atoms with Crippen molar-refractivity contribution in [3.8, 4) is 11.5 Å². The third kappa shape index (κ3) is 3.07. The third-order valence-corrected chi connectivity index (χ3v) is 4.21. The fourth-order valence-electron chi connectivity index (χ4n) is 2.94. The van der Waals surface area contributed by atoms with Crippen LogP contribution in [0.1, 0.15) is 17.3 Å². The van der Waals surface area contributed by atoms with Crippen molar-refractivity contribution in [1.29, 1.82) is 0 Å². The van der Waals surface area contributed by atoms with Crippen LogP contribution in [0.2, 0.25) is 0 Å². The molecule has 0 fully saturated rings. The number of methoxy groups -OCH3 is 2. The second kappa shape index (κ2) is 7.10. The van der Waals surface area contributed by atoms with E-state index in [1.807, 2.05) is 12.1 Å². The van der Waals surface area contributed by atoms with E-state index in [0.29, 0.717) is 41.1 Å². The first kappa shape index (κ1) is 17.7. The first-order valence-electron chi connectivity index (χ1n) is 8.67. The third-order valence-electron chi connectivity index (χ3n) is 4.21. The molecule has 0 unspecified atom stereocenters. The summed E-state index contributed by atoms with van der Waals surface area (Å²) in [5, 5.41) is 6.29. The molecule has 0 radical (unpaired) electrons. The lowest BCUT2D eigenvalue weighted by molar-refractivity contribution is 0.0526. The number of hydrogen-bond donors (Lipinski definition) is 2. The molecule has 0 aliphatic rings. The first-order chi connectivity index (χ1) is 13.6. The number of nitrogens with zero attached hydrogens (tertiary/aromatic N) is 3. The van der Waals surface area contributed by atoms with E-state index in [-0.39, 0.29) is 5.97 Å². The van der Waals surface area contributed by atoms with E-state index in [4.69, 9.17) is 14.2 Å². The van der Waals surface area contributed by atoms with Crippen molar-refractivity contribution in [3.05, 3.63) is 42.0 Å². The molecule has 2 aromatic carbocycles. The van der Waals surface area contributed by atoms with E-state index in [1.54, 1.807) is 49.9 Å². The van der Waals surface area contributed by atoms with Crippen LogP contribution in [0.15, 0.2) is 36.4 Å². The Balaban J connectivity index is 1.67. The van der Waals surface area contributed by atoms with Crippen LogP contribution in [-0.4, -0.2) is 46.4 Å². The van der Waals surface area contributed by atoms with Crippen LogP contribution >= 0.6 is 0 Å². The van der Waals surface area contributed by atoms with Gasteiger partial charge in [0.1, 0.15) is 0 Å². The van der Waals surface area contributed by atoms with E-state index in [2.05, 4.69) is 20.4 Å². The van der Waals surface area contributed by atoms with Crippen LogP contribution in [0, 0.1) is 0 Å². The van der Waals surface area contributed by atoms with Gasteiger partial charge in [-0.05, 0) is 25.1 Å².